The molecule has 0 bridgehead atoms. The Morgan fingerprint density at radius 3 is 2.78 bits per heavy atom. The van der Waals surface area contributed by atoms with Gasteiger partial charge in [-0.15, -0.1) is 0 Å². The Morgan fingerprint density at radius 2 is 2.08 bits per heavy atom. The third kappa shape index (κ3) is 4.52. The fourth-order valence-corrected chi connectivity index (χ4v) is 5.97. The number of rotatable bonds is 5. The van der Waals surface area contributed by atoms with E-state index in [9.17, 15) is 9.59 Å². The quantitative estimate of drug-likeness (QED) is 0.345. The van der Waals surface area contributed by atoms with Crippen molar-refractivity contribution in [2.45, 2.75) is 19.8 Å². The molecule has 1 aliphatic rings. The van der Waals surface area contributed by atoms with Gasteiger partial charge in [0.05, 0.1) is 38.2 Å². The van der Waals surface area contributed by atoms with Gasteiger partial charge in [-0.05, 0) is 48.9 Å². The zero-order valence-corrected chi connectivity index (χ0v) is 22.3. The Bertz CT molecular complexity index is 1460. The first-order valence-corrected chi connectivity index (χ1v) is 13.5. The second-order valence-corrected chi connectivity index (χ2v) is 11.0. The lowest BCUT2D eigenvalue weighted by Crippen LogP contribution is -2.22. The lowest BCUT2D eigenvalue weighted by atomic mass is 9.95. The molecule has 1 N–H and O–H groups in total. The van der Waals surface area contributed by atoms with Crippen LogP contribution < -0.4 is 5.32 Å². The van der Waals surface area contributed by atoms with E-state index in [1.165, 1.54) is 28.0 Å². The first-order valence-electron chi connectivity index (χ1n) is 11.3. The van der Waals surface area contributed by atoms with Gasteiger partial charge in [-0.25, -0.2) is 9.67 Å². The molecule has 0 aliphatic heterocycles. The molecule has 5 rings (SSSR count). The molecule has 0 saturated carbocycles. The maximum absolute atomic E-state index is 12.5. The summed E-state index contributed by atoms with van der Waals surface area (Å²) in [5.41, 5.74) is 5.84. The molecule has 184 valence electrons. The van der Waals surface area contributed by atoms with Crippen molar-refractivity contribution >= 4 is 51.0 Å². The van der Waals surface area contributed by atoms with Crippen LogP contribution in [-0.2, 0) is 12.8 Å². The van der Waals surface area contributed by atoms with Gasteiger partial charge in [0.15, 0.2) is 5.13 Å². The zero-order valence-electron chi connectivity index (χ0n) is 19.9. The molecule has 3 aromatic heterocycles. The van der Waals surface area contributed by atoms with Gasteiger partial charge in [0.1, 0.15) is 0 Å². The molecule has 11 heteroatoms. The molecule has 0 saturated heterocycles. The molecule has 0 fully saturated rings. The SMILES string of the molecule is CCSC(=O)Nc1nc2c(s1)-c1c(c(-c3cccnc3)nn1-c1ccc(C(=O)N(C)C)c(Cl)c1)CC2. The van der Waals surface area contributed by atoms with E-state index >= 15 is 0 Å². The summed E-state index contributed by atoms with van der Waals surface area (Å²) in [5.74, 6) is 0.523. The fourth-order valence-electron chi connectivity index (χ4n) is 4.15. The van der Waals surface area contributed by atoms with Crippen molar-refractivity contribution in [1.82, 2.24) is 24.6 Å². The Kier molecular flexibility index (Phi) is 6.83. The zero-order chi connectivity index (χ0) is 25.4. The van der Waals surface area contributed by atoms with E-state index < -0.39 is 0 Å². The number of hydrogen-bond acceptors (Lipinski definition) is 7. The smallest absolute Gasteiger partial charge is 0.285 e. The number of thioether (sulfide) groups is 1. The highest BCUT2D eigenvalue weighted by Crippen LogP contribution is 2.44. The van der Waals surface area contributed by atoms with Gasteiger partial charge in [0.2, 0.25) is 0 Å². The summed E-state index contributed by atoms with van der Waals surface area (Å²) in [6.07, 6.45) is 5.02. The van der Waals surface area contributed by atoms with Crippen molar-refractivity contribution in [2.24, 2.45) is 0 Å². The lowest BCUT2D eigenvalue weighted by molar-refractivity contribution is 0.0828. The minimum Gasteiger partial charge on any atom is -0.345 e. The van der Waals surface area contributed by atoms with E-state index in [1.807, 2.05) is 29.8 Å². The minimum absolute atomic E-state index is 0.124. The van der Waals surface area contributed by atoms with Crippen LogP contribution >= 0.6 is 34.7 Å². The molecule has 4 aromatic rings. The number of aromatic nitrogens is 4. The van der Waals surface area contributed by atoms with Crippen LogP contribution in [0.25, 0.3) is 27.5 Å². The summed E-state index contributed by atoms with van der Waals surface area (Å²) >= 11 is 9.21. The second kappa shape index (κ2) is 10.0. The summed E-state index contributed by atoms with van der Waals surface area (Å²) in [6, 6.07) is 9.20. The maximum Gasteiger partial charge on any atom is 0.285 e. The standard InChI is InChI=1S/C25H23ClN6O2S2/c1-4-35-25(34)29-24-28-19-10-9-17-20(14-6-5-11-27-13-14)30-32(21(17)22(19)36-24)15-7-8-16(18(26)12-15)23(33)31(2)3/h5-8,11-13H,4,9-10H2,1-3H3,(H,28,29,34). The fraction of sp³-hybridized carbons (Fsp3) is 0.240. The second-order valence-electron chi connectivity index (χ2n) is 8.33. The van der Waals surface area contributed by atoms with Crippen LogP contribution in [0.5, 0.6) is 0 Å². The van der Waals surface area contributed by atoms with Crippen molar-refractivity contribution in [1.29, 1.82) is 0 Å². The minimum atomic E-state index is -0.167. The molecule has 2 amide bonds. The number of halogens is 1. The van der Waals surface area contributed by atoms with Gasteiger partial charge in [-0.2, -0.15) is 5.10 Å². The number of carbonyl (C=O) groups excluding carboxylic acids is 2. The third-order valence-electron chi connectivity index (χ3n) is 5.76. The van der Waals surface area contributed by atoms with E-state index in [2.05, 4.69) is 10.3 Å². The number of anilines is 1. The first-order chi connectivity index (χ1) is 17.4. The number of nitrogens with one attached hydrogen (secondary N) is 1. The number of pyridine rings is 1. The van der Waals surface area contributed by atoms with Gasteiger partial charge >= 0.3 is 0 Å². The van der Waals surface area contributed by atoms with Gasteiger partial charge in [-0.1, -0.05) is 41.6 Å². The van der Waals surface area contributed by atoms with Gasteiger partial charge in [0, 0.05) is 37.6 Å². The number of fused-ring (bicyclic) bond motifs is 3. The molecule has 1 aromatic carbocycles. The van der Waals surface area contributed by atoms with E-state index in [0.717, 1.165) is 51.6 Å². The Morgan fingerprint density at radius 1 is 1.25 bits per heavy atom. The highest BCUT2D eigenvalue weighted by Gasteiger charge is 2.30. The molecule has 0 unspecified atom stereocenters. The summed E-state index contributed by atoms with van der Waals surface area (Å²) in [4.78, 5) is 36.1. The molecule has 0 radical (unpaired) electrons. The van der Waals surface area contributed by atoms with E-state index in [1.54, 1.807) is 38.6 Å². The van der Waals surface area contributed by atoms with Crippen molar-refractivity contribution in [2.75, 3.05) is 25.2 Å². The summed E-state index contributed by atoms with van der Waals surface area (Å²) in [5, 5.41) is 8.68. The van der Waals surface area contributed by atoms with Crippen molar-refractivity contribution < 1.29 is 9.59 Å². The average Bonchev–Trinajstić information content (AvgIpc) is 3.45. The molecule has 3 heterocycles. The van der Waals surface area contributed by atoms with E-state index in [4.69, 9.17) is 21.7 Å². The summed E-state index contributed by atoms with van der Waals surface area (Å²) in [7, 11) is 3.38. The highest BCUT2D eigenvalue weighted by molar-refractivity contribution is 8.13. The summed E-state index contributed by atoms with van der Waals surface area (Å²) in [6.45, 7) is 1.93. The van der Waals surface area contributed by atoms with Crippen LogP contribution in [0.3, 0.4) is 0 Å². The topological polar surface area (TPSA) is 93.0 Å². The molecule has 1 aliphatic carbocycles. The largest absolute Gasteiger partial charge is 0.345 e. The van der Waals surface area contributed by atoms with Crippen LogP contribution in [0.4, 0.5) is 9.93 Å². The van der Waals surface area contributed by atoms with Crippen LogP contribution in [0.15, 0.2) is 42.7 Å². The molecular weight excluding hydrogens is 516 g/mol. The Hall–Kier alpha value is -3.21. The number of carbonyl (C=O) groups is 2. The van der Waals surface area contributed by atoms with Crippen LogP contribution in [-0.4, -0.2) is 55.6 Å². The normalized spacial score (nSPS) is 12.1. The number of hydrogen-bond donors (Lipinski definition) is 1. The van der Waals surface area contributed by atoms with E-state index in [-0.39, 0.29) is 11.1 Å². The van der Waals surface area contributed by atoms with Gasteiger partial charge < -0.3 is 4.90 Å². The number of nitrogens with zero attached hydrogens (tertiary/aromatic N) is 5. The predicted molar refractivity (Wildman–Crippen MR) is 145 cm³/mol. The monoisotopic (exact) mass is 538 g/mol. The molecule has 8 nitrogen and oxygen atoms in total. The number of aryl methyl sites for hydroxylation is 1. The van der Waals surface area contributed by atoms with Crippen molar-refractivity contribution in [3.63, 3.8) is 0 Å². The Labute approximate surface area is 221 Å². The lowest BCUT2D eigenvalue weighted by Gasteiger charge is -2.15. The number of thiazole rings is 1. The number of benzene rings is 1. The Balaban J connectivity index is 1.66. The first kappa shape index (κ1) is 24.5. The third-order valence-corrected chi connectivity index (χ3v) is 7.75. The van der Waals surface area contributed by atoms with E-state index in [0.29, 0.717) is 21.5 Å². The molecule has 36 heavy (non-hydrogen) atoms. The van der Waals surface area contributed by atoms with Crippen molar-refractivity contribution in [3.8, 4) is 27.5 Å². The van der Waals surface area contributed by atoms with Crippen LogP contribution in [0.1, 0.15) is 28.5 Å². The summed E-state index contributed by atoms with van der Waals surface area (Å²) < 4.78 is 1.86. The van der Waals surface area contributed by atoms with Crippen LogP contribution in [0, 0.1) is 0 Å². The average molecular weight is 539 g/mol. The predicted octanol–water partition coefficient (Wildman–Crippen LogP) is 5.80. The maximum atomic E-state index is 12.5. The molecular formula is C25H23ClN6O2S2. The van der Waals surface area contributed by atoms with Gasteiger partial charge in [0.25, 0.3) is 11.1 Å². The highest BCUT2D eigenvalue weighted by atomic mass is 35.5. The number of amides is 2. The van der Waals surface area contributed by atoms with Crippen molar-refractivity contribution in [3.05, 3.63) is 64.6 Å². The molecule has 0 spiro atoms. The van der Waals surface area contributed by atoms with Crippen LogP contribution in [0.2, 0.25) is 5.02 Å². The van der Waals surface area contributed by atoms with Gasteiger partial charge in [-0.3, -0.25) is 19.9 Å². The molecule has 0 atom stereocenters.